The fourth-order valence-electron chi connectivity index (χ4n) is 2.72. The number of hydrogen-bond donors (Lipinski definition) is 1. The van der Waals surface area contributed by atoms with Gasteiger partial charge in [-0.3, -0.25) is 9.69 Å². The standard InChI is InChI=1S/C10H17NO3.C2H6/c1-2-14-8-3-10(4-8)6-11(7-10)5-9(12)13;1-2/h8H,2-7H2,1H3,(H,12,13);1-2H3. The second-order valence-electron chi connectivity index (χ2n) is 4.52. The minimum absolute atomic E-state index is 0.195. The third-order valence-electron chi connectivity index (χ3n) is 3.20. The van der Waals surface area contributed by atoms with Crippen molar-refractivity contribution in [3.05, 3.63) is 0 Å². The van der Waals surface area contributed by atoms with Crippen molar-refractivity contribution in [3.8, 4) is 0 Å². The molecule has 4 heteroatoms. The number of nitrogens with zero attached hydrogens (tertiary/aromatic N) is 1. The van der Waals surface area contributed by atoms with Gasteiger partial charge in [-0.05, 0) is 19.8 Å². The SMILES string of the molecule is CC.CCOC1CC2(C1)CN(CC(=O)O)C2. The normalized spacial score (nSPS) is 22.9. The summed E-state index contributed by atoms with van der Waals surface area (Å²) in [5, 5.41) is 8.58. The molecule has 0 amide bonds. The molecule has 94 valence electrons. The van der Waals surface area contributed by atoms with E-state index < -0.39 is 5.97 Å². The van der Waals surface area contributed by atoms with Gasteiger partial charge in [-0.1, -0.05) is 13.8 Å². The molecule has 0 radical (unpaired) electrons. The summed E-state index contributed by atoms with van der Waals surface area (Å²) in [6.45, 7) is 8.90. The number of aliphatic carboxylic acids is 1. The number of ether oxygens (including phenoxy) is 1. The summed E-state index contributed by atoms with van der Waals surface area (Å²) in [6, 6.07) is 0. The van der Waals surface area contributed by atoms with Crippen LogP contribution in [0.25, 0.3) is 0 Å². The summed E-state index contributed by atoms with van der Waals surface area (Å²) in [7, 11) is 0. The first-order chi connectivity index (χ1) is 7.63. The maximum atomic E-state index is 10.4. The van der Waals surface area contributed by atoms with E-state index in [2.05, 4.69) is 0 Å². The lowest BCUT2D eigenvalue weighted by molar-refractivity contribution is -0.161. The fourth-order valence-corrected chi connectivity index (χ4v) is 2.72. The molecule has 1 N–H and O–H groups in total. The zero-order valence-electron chi connectivity index (χ0n) is 10.5. The number of carbonyl (C=O) groups is 1. The molecule has 2 fully saturated rings. The first-order valence-corrected chi connectivity index (χ1v) is 6.19. The summed E-state index contributed by atoms with van der Waals surface area (Å²) in [6.07, 6.45) is 2.68. The minimum atomic E-state index is -0.722. The van der Waals surface area contributed by atoms with E-state index in [-0.39, 0.29) is 6.54 Å². The van der Waals surface area contributed by atoms with Crippen molar-refractivity contribution in [2.24, 2.45) is 5.41 Å². The Bertz CT molecular complexity index is 228. The van der Waals surface area contributed by atoms with Gasteiger partial charge in [0.2, 0.25) is 0 Å². The van der Waals surface area contributed by atoms with Gasteiger partial charge in [-0.15, -0.1) is 0 Å². The zero-order chi connectivity index (χ0) is 12.2. The molecule has 0 aromatic rings. The van der Waals surface area contributed by atoms with Gasteiger partial charge in [0.25, 0.3) is 0 Å². The Balaban J connectivity index is 0.000000606. The highest BCUT2D eigenvalue weighted by Gasteiger charge is 2.52. The van der Waals surface area contributed by atoms with Gasteiger partial charge in [0.15, 0.2) is 0 Å². The summed E-state index contributed by atoms with van der Waals surface area (Å²) >= 11 is 0. The molecule has 0 aromatic heterocycles. The van der Waals surface area contributed by atoms with Gasteiger partial charge in [0, 0.05) is 25.1 Å². The Morgan fingerprint density at radius 3 is 2.44 bits per heavy atom. The predicted molar refractivity (Wildman–Crippen MR) is 62.5 cm³/mol. The lowest BCUT2D eigenvalue weighted by Gasteiger charge is -2.58. The first kappa shape index (κ1) is 13.5. The lowest BCUT2D eigenvalue weighted by Crippen LogP contribution is -2.64. The van der Waals surface area contributed by atoms with Crippen LogP contribution in [0.3, 0.4) is 0 Å². The molecule has 1 saturated carbocycles. The van der Waals surface area contributed by atoms with Gasteiger partial charge >= 0.3 is 5.97 Å². The average molecular weight is 229 g/mol. The molecule has 1 saturated heterocycles. The highest BCUT2D eigenvalue weighted by Crippen LogP contribution is 2.49. The highest BCUT2D eigenvalue weighted by atomic mass is 16.5. The van der Waals surface area contributed by atoms with E-state index in [1.54, 1.807) is 0 Å². The van der Waals surface area contributed by atoms with Gasteiger partial charge in [0.05, 0.1) is 12.6 Å². The van der Waals surface area contributed by atoms with Gasteiger partial charge in [-0.25, -0.2) is 0 Å². The molecule has 0 bridgehead atoms. The number of hydrogen-bond acceptors (Lipinski definition) is 3. The lowest BCUT2D eigenvalue weighted by atomic mass is 9.62. The van der Waals surface area contributed by atoms with E-state index in [1.807, 2.05) is 25.7 Å². The van der Waals surface area contributed by atoms with Gasteiger partial charge < -0.3 is 9.84 Å². The van der Waals surface area contributed by atoms with Crippen LogP contribution in [0.4, 0.5) is 0 Å². The topological polar surface area (TPSA) is 49.8 Å². The summed E-state index contributed by atoms with van der Waals surface area (Å²) in [4.78, 5) is 12.4. The maximum absolute atomic E-state index is 10.4. The minimum Gasteiger partial charge on any atom is -0.480 e. The predicted octanol–water partition coefficient (Wildman–Crippen LogP) is 1.60. The number of carboxylic acids is 1. The van der Waals surface area contributed by atoms with E-state index in [4.69, 9.17) is 9.84 Å². The number of likely N-dealkylation sites (tertiary alicyclic amines) is 1. The van der Waals surface area contributed by atoms with Crippen molar-refractivity contribution in [2.45, 2.75) is 39.7 Å². The third kappa shape index (κ3) is 2.95. The largest absolute Gasteiger partial charge is 0.480 e. The molecule has 1 aliphatic carbocycles. The van der Waals surface area contributed by atoms with Crippen LogP contribution in [0.15, 0.2) is 0 Å². The van der Waals surface area contributed by atoms with Gasteiger partial charge in [-0.2, -0.15) is 0 Å². The van der Waals surface area contributed by atoms with Crippen LogP contribution in [-0.4, -0.2) is 48.3 Å². The quantitative estimate of drug-likeness (QED) is 0.795. The molecule has 0 aromatic carbocycles. The molecule has 1 aliphatic heterocycles. The summed E-state index contributed by atoms with van der Waals surface area (Å²) < 4.78 is 5.49. The Morgan fingerprint density at radius 2 is 2.00 bits per heavy atom. The van der Waals surface area contributed by atoms with Crippen LogP contribution in [-0.2, 0) is 9.53 Å². The van der Waals surface area contributed by atoms with Crippen LogP contribution in [0, 0.1) is 5.41 Å². The van der Waals surface area contributed by atoms with Crippen molar-refractivity contribution >= 4 is 5.97 Å². The van der Waals surface area contributed by atoms with E-state index >= 15 is 0 Å². The Morgan fingerprint density at radius 1 is 1.44 bits per heavy atom. The second-order valence-corrected chi connectivity index (χ2v) is 4.52. The fraction of sp³-hybridized carbons (Fsp3) is 0.917. The Labute approximate surface area is 97.6 Å². The molecule has 0 unspecified atom stereocenters. The van der Waals surface area contributed by atoms with E-state index in [1.165, 1.54) is 0 Å². The van der Waals surface area contributed by atoms with Crippen molar-refractivity contribution in [2.75, 3.05) is 26.2 Å². The second kappa shape index (κ2) is 5.64. The molecule has 2 rings (SSSR count). The molecule has 1 heterocycles. The van der Waals surface area contributed by atoms with Gasteiger partial charge in [0.1, 0.15) is 0 Å². The smallest absolute Gasteiger partial charge is 0.317 e. The zero-order valence-corrected chi connectivity index (χ0v) is 10.5. The summed E-state index contributed by atoms with van der Waals surface area (Å²) in [5.41, 5.74) is 0.412. The molecule has 0 atom stereocenters. The van der Waals surface area contributed by atoms with Crippen LogP contribution in [0.5, 0.6) is 0 Å². The van der Waals surface area contributed by atoms with Crippen molar-refractivity contribution in [3.63, 3.8) is 0 Å². The summed E-state index contributed by atoms with van der Waals surface area (Å²) in [5.74, 6) is -0.722. The Hall–Kier alpha value is -0.610. The number of carboxylic acid groups (broad SMARTS) is 1. The highest BCUT2D eigenvalue weighted by molar-refractivity contribution is 5.69. The van der Waals surface area contributed by atoms with Crippen LogP contribution < -0.4 is 0 Å². The molecule has 2 aliphatic rings. The number of rotatable bonds is 4. The van der Waals surface area contributed by atoms with E-state index in [0.717, 1.165) is 32.5 Å². The van der Waals surface area contributed by atoms with E-state index in [0.29, 0.717) is 11.5 Å². The monoisotopic (exact) mass is 229 g/mol. The molecular formula is C12H23NO3. The van der Waals surface area contributed by atoms with Crippen molar-refractivity contribution in [1.82, 2.24) is 4.90 Å². The Kier molecular flexibility index (Phi) is 4.74. The molecule has 1 spiro atoms. The first-order valence-electron chi connectivity index (χ1n) is 6.19. The van der Waals surface area contributed by atoms with Crippen molar-refractivity contribution in [1.29, 1.82) is 0 Å². The molecule has 4 nitrogen and oxygen atoms in total. The molecular weight excluding hydrogens is 206 g/mol. The van der Waals surface area contributed by atoms with Crippen LogP contribution >= 0.6 is 0 Å². The van der Waals surface area contributed by atoms with E-state index in [9.17, 15) is 4.79 Å². The van der Waals surface area contributed by atoms with Crippen molar-refractivity contribution < 1.29 is 14.6 Å². The third-order valence-corrected chi connectivity index (χ3v) is 3.20. The van der Waals surface area contributed by atoms with Crippen LogP contribution in [0.1, 0.15) is 33.6 Å². The molecule has 16 heavy (non-hydrogen) atoms. The average Bonchev–Trinajstić information content (AvgIpc) is 2.14. The van der Waals surface area contributed by atoms with Crippen LogP contribution in [0.2, 0.25) is 0 Å². The maximum Gasteiger partial charge on any atom is 0.317 e.